The zero-order chi connectivity index (χ0) is 15.3. The Morgan fingerprint density at radius 3 is 2.27 bits per heavy atom. The maximum Gasteiger partial charge on any atom is 0.266 e. The average molecular weight is 309 g/mol. The fraction of sp³-hybridized carbons (Fsp3) is 0. The Balaban J connectivity index is 1.90. The van der Waals surface area contributed by atoms with Crippen molar-refractivity contribution in [2.75, 3.05) is 0 Å². The van der Waals surface area contributed by atoms with Crippen LogP contribution in [0.3, 0.4) is 0 Å². The number of hydrogen-bond acceptors (Lipinski definition) is 3. The summed E-state index contributed by atoms with van der Waals surface area (Å²) in [5.41, 5.74) is 1.96. The topological polar surface area (TPSA) is 63.2 Å². The molecular formula is C17H11NO3S. The lowest BCUT2D eigenvalue weighted by Crippen LogP contribution is -2.20. The number of hydrogen-bond donors (Lipinski definition) is 1. The Hall–Kier alpha value is -2.66. The summed E-state index contributed by atoms with van der Waals surface area (Å²) in [6.45, 7) is 0. The number of fused-ring (bicyclic) bond motifs is 2. The smallest absolute Gasteiger partial charge is 0.266 e. The number of benzene rings is 3. The lowest BCUT2D eigenvalue weighted by Gasteiger charge is -2.05. The number of nitrogens with one attached hydrogen (secondary N) is 1. The van der Waals surface area contributed by atoms with E-state index in [0.717, 1.165) is 21.9 Å². The van der Waals surface area contributed by atoms with Gasteiger partial charge in [-0.2, -0.15) is 0 Å². The largest absolute Gasteiger partial charge is 0.268 e. The van der Waals surface area contributed by atoms with Gasteiger partial charge >= 0.3 is 0 Å². The Morgan fingerprint density at radius 1 is 0.773 bits per heavy atom. The molecule has 0 aliphatic carbocycles. The lowest BCUT2D eigenvalue weighted by molar-refractivity contribution is 0.0985. The van der Waals surface area contributed by atoms with E-state index in [1.54, 1.807) is 12.1 Å². The molecule has 0 radical (unpaired) electrons. The normalized spacial score (nSPS) is 15.5. The van der Waals surface area contributed by atoms with E-state index in [1.165, 1.54) is 6.07 Å². The Morgan fingerprint density at radius 2 is 1.45 bits per heavy atom. The van der Waals surface area contributed by atoms with E-state index >= 15 is 0 Å². The van der Waals surface area contributed by atoms with E-state index in [9.17, 15) is 13.2 Å². The van der Waals surface area contributed by atoms with Gasteiger partial charge in [-0.25, -0.2) is 13.1 Å². The van der Waals surface area contributed by atoms with Crippen molar-refractivity contribution in [3.8, 4) is 11.1 Å². The van der Waals surface area contributed by atoms with Crippen molar-refractivity contribution in [3.05, 3.63) is 66.2 Å². The van der Waals surface area contributed by atoms with Gasteiger partial charge in [0.05, 0.1) is 5.56 Å². The van der Waals surface area contributed by atoms with E-state index in [4.69, 9.17) is 0 Å². The van der Waals surface area contributed by atoms with Crippen molar-refractivity contribution in [2.24, 2.45) is 0 Å². The predicted molar refractivity (Wildman–Crippen MR) is 84.0 cm³/mol. The molecule has 1 N–H and O–H groups in total. The number of amides is 1. The van der Waals surface area contributed by atoms with Crippen LogP contribution in [0, 0.1) is 0 Å². The van der Waals surface area contributed by atoms with Gasteiger partial charge in [0.15, 0.2) is 0 Å². The van der Waals surface area contributed by atoms with Crippen LogP contribution < -0.4 is 4.72 Å². The maximum absolute atomic E-state index is 11.8. The molecule has 108 valence electrons. The highest BCUT2D eigenvalue weighted by Crippen LogP contribution is 2.30. The molecule has 0 bridgehead atoms. The average Bonchev–Trinajstić information content (AvgIpc) is 2.76. The van der Waals surface area contributed by atoms with Gasteiger partial charge in [0, 0.05) is 0 Å². The van der Waals surface area contributed by atoms with E-state index in [1.807, 2.05) is 47.2 Å². The summed E-state index contributed by atoms with van der Waals surface area (Å²) in [7, 11) is -3.69. The summed E-state index contributed by atoms with van der Waals surface area (Å²) >= 11 is 0. The first-order valence-corrected chi connectivity index (χ1v) is 8.23. The molecule has 0 aromatic heterocycles. The molecule has 1 aliphatic heterocycles. The molecule has 1 aliphatic rings. The van der Waals surface area contributed by atoms with E-state index in [2.05, 4.69) is 0 Å². The molecule has 22 heavy (non-hydrogen) atoms. The highest BCUT2D eigenvalue weighted by atomic mass is 32.2. The quantitative estimate of drug-likeness (QED) is 0.751. The fourth-order valence-corrected chi connectivity index (χ4v) is 3.87. The summed E-state index contributed by atoms with van der Waals surface area (Å²) in [4.78, 5) is 11.8. The van der Waals surface area contributed by atoms with Crippen LogP contribution in [0.1, 0.15) is 10.4 Å². The summed E-state index contributed by atoms with van der Waals surface area (Å²) < 4.78 is 25.5. The van der Waals surface area contributed by atoms with Crippen molar-refractivity contribution in [2.45, 2.75) is 4.90 Å². The molecule has 1 heterocycles. The van der Waals surface area contributed by atoms with Crippen molar-refractivity contribution in [1.82, 2.24) is 4.72 Å². The second-order valence-corrected chi connectivity index (χ2v) is 6.86. The van der Waals surface area contributed by atoms with Crippen LogP contribution in [0.15, 0.2) is 65.6 Å². The van der Waals surface area contributed by atoms with Gasteiger partial charge < -0.3 is 0 Å². The minimum atomic E-state index is -3.69. The third-order valence-electron chi connectivity index (χ3n) is 3.82. The highest BCUT2D eigenvalue weighted by molar-refractivity contribution is 7.90. The van der Waals surface area contributed by atoms with Crippen LogP contribution in [-0.4, -0.2) is 14.3 Å². The van der Waals surface area contributed by atoms with Crippen LogP contribution in [0.4, 0.5) is 0 Å². The molecule has 4 nitrogen and oxygen atoms in total. The molecule has 4 rings (SSSR count). The van der Waals surface area contributed by atoms with Crippen LogP contribution in [-0.2, 0) is 10.0 Å². The number of carbonyl (C=O) groups excluding carboxylic acids is 1. The molecule has 0 saturated carbocycles. The van der Waals surface area contributed by atoms with E-state index < -0.39 is 15.9 Å². The molecule has 3 aromatic rings. The third kappa shape index (κ3) is 1.90. The second kappa shape index (κ2) is 4.42. The predicted octanol–water partition coefficient (Wildman–Crippen LogP) is 2.94. The van der Waals surface area contributed by atoms with Gasteiger partial charge in [-0.15, -0.1) is 0 Å². The molecule has 0 unspecified atom stereocenters. The molecule has 5 heteroatoms. The molecule has 0 saturated heterocycles. The van der Waals surface area contributed by atoms with Crippen LogP contribution in [0.25, 0.3) is 21.9 Å². The Labute approximate surface area is 127 Å². The van der Waals surface area contributed by atoms with Crippen molar-refractivity contribution in [1.29, 1.82) is 0 Å². The van der Waals surface area contributed by atoms with Crippen molar-refractivity contribution >= 4 is 26.7 Å². The number of sulfonamides is 1. The number of carbonyl (C=O) groups is 1. The summed E-state index contributed by atoms with van der Waals surface area (Å²) in [5, 5.41) is 2.23. The van der Waals surface area contributed by atoms with Gasteiger partial charge in [0.2, 0.25) is 0 Å². The van der Waals surface area contributed by atoms with Gasteiger partial charge in [-0.3, -0.25) is 4.79 Å². The molecule has 1 amide bonds. The summed E-state index contributed by atoms with van der Waals surface area (Å²) in [5.74, 6) is -0.572. The van der Waals surface area contributed by atoms with Gasteiger partial charge in [-0.05, 0) is 40.1 Å². The van der Waals surface area contributed by atoms with Crippen LogP contribution >= 0.6 is 0 Å². The third-order valence-corrected chi connectivity index (χ3v) is 5.21. The standard InChI is InChI=1S/C17H11NO3S/c19-17-15-10-14(7-8-16(15)22(20,21)18-17)13-6-5-11-3-1-2-4-12(11)9-13/h1-10H,(H,18,19). The SMILES string of the molecule is O=C1NS(=O)(=O)c2ccc(-c3ccc4ccccc4c3)cc21. The Bertz CT molecular complexity index is 1040. The minimum Gasteiger partial charge on any atom is -0.268 e. The highest BCUT2D eigenvalue weighted by Gasteiger charge is 2.32. The first kappa shape index (κ1) is 13.0. The van der Waals surface area contributed by atoms with E-state index in [-0.39, 0.29) is 10.5 Å². The summed E-state index contributed by atoms with van der Waals surface area (Å²) in [6.07, 6.45) is 0. The van der Waals surface area contributed by atoms with Gasteiger partial charge in [0.25, 0.3) is 15.9 Å². The summed E-state index contributed by atoms with van der Waals surface area (Å²) in [6, 6.07) is 18.8. The molecular weight excluding hydrogens is 298 g/mol. The second-order valence-electron chi connectivity index (χ2n) is 5.21. The minimum absolute atomic E-state index is 0.0436. The van der Waals surface area contributed by atoms with Gasteiger partial charge in [0.1, 0.15) is 4.90 Å². The van der Waals surface area contributed by atoms with Crippen LogP contribution in [0.5, 0.6) is 0 Å². The van der Waals surface area contributed by atoms with Crippen molar-refractivity contribution in [3.63, 3.8) is 0 Å². The van der Waals surface area contributed by atoms with E-state index in [0.29, 0.717) is 0 Å². The van der Waals surface area contributed by atoms with Gasteiger partial charge in [-0.1, -0.05) is 42.5 Å². The first-order valence-electron chi connectivity index (χ1n) is 6.75. The Kier molecular flexibility index (Phi) is 2.62. The molecule has 0 atom stereocenters. The van der Waals surface area contributed by atoms with Crippen molar-refractivity contribution < 1.29 is 13.2 Å². The lowest BCUT2D eigenvalue weighted by atomic mass is 9.99. The zero-order valence-corrected chi connectivity index (χ0v) is 12.2. The monoisotopic (exact) mass is 309 g/mol. The fourth-order valence-electron chi connectivity index (χ4n) is 2.72. The number of rotatable bonds is 1. The molecule has 3 aromatic carbocycles. The van der Waals surface area contributed by atoms with Crippen LogP contribution in [0.2, 0.25) is 0 Å². The maximum atomic E-state index is 11.8. The molecule has 0 spiro atoms. The zero-order valence-electron chi connectivity index (χ0n) is 11.4. The molecule has 0 fully saturated rings. The first-order chi connectivity index (χ1) is 10.5.